The molecule has 0 aromatic heterocycles. The third-order valence-electron chi connectivity index (χ3n) is 7.17. The van der Waals surface area contributed by atoms with Crippen LogP contribution in [0, 0.1) is 10.1 Å². The summed E-state index contributed by atoms with van der Waals surface area (Å²) in [4.78, 5) is 38.6. The molecule has 5 rings (SSSR count). The van der Waals surface area contributed by atoms with Gasteiger partial charge in [-0.3, -0.25) is 19.7 Å². The van der Waals surface area contributed by atoms with Crippen molar-refractivity contribution in [1.29, 1.82) is 0 Å². The molecule has 192 valence electrons. The van der Waals surface area contributed by atoms with Crippen LogP contribution in [-0.4, -0.2) is 28.4 Å². The number of alkyl halides is 3. The minimum atomic E-state index is -4.73. The van der Waals surface area contributed by atoms with Gasteiger partial charge in [0.25, 0.3) is 0 Å². The molecule has 7 nitrogen and oxygen atoms in total. The highest BCUT2D eigenvalue weighted by Crippen LogP contribution is 2.48. The highest BCUT2D eigenvalue weighted by Gasteiger charge is 2.42. The zero-order valence-corrected chi connectivity index (χ0v) is 19.9. The number of nitro benzene ring substituents is 1. The fourth-order valence-electron chi connectivity index (χ4n) is 5.46. The lowest BCUT2D eigenvalue weighted by Gasteiger charge is -2.42. The Morgan fingerprint density at radius 1 is 0.919 bits per heavy atom. The van der Waals surface area contributed by atoms with E-state index < -0.39 is 28.3 Å². The van der Waals surface area contributed by atoms with Crippen molar-refractivity contribution in [1.82, 2.24) is 4.90 Å². The predicted molar refractivity (Wildman–Crippen MR) is 127 cm³/mol. The minimum absolute atomic E-state index is 0.0173. The van der Waals surface area contributed by atoms with E-state index in [0.717, 1.165) is 49.2 Å². The van der Waals surface area contributed by atoms with Gasteiger partial charge in [0.1, 0.15) is 5.75 Å². The van der Waals surface area contributed by atoms with Gasteiger partial charge in [0.2, 0.25) is 5.75 Å². The van der Waals surface area contributed by atoms with E-state index in [0.29, 0.717) is 35.6 Å². The van der Waals surface area contributed by atoms with Crippen molar-refractivity contribution in [2.24, 2.45) is 0 Å². The molecule has 0 radical (unpaired) electrons. The number of benzene rings is 2. The van der Waals surface area contributed by atoms with Crippen LogP contribution in [0.25, 0.3) is 0 Å². The number of halogens is 3. The first-order valence-electron chi connectivity index (χ1n) is 12.0. The smallest absolute Gasteiger partial charge is 0.416 e. The summed E-state index contributed by atoms with van der Waals surface area (Å²) in [5, 5.41) is 11.4. The van der Waals surface area contributed by atoms with Gasteiger partial charge in [-0.2, -0.15) is 13.2 Å². The molecule has 1 heterocycles. The molecule has 2 aromatic rings. The molecule has 0 amide bonds. The van der Waals surface area contributed by atoms with Gasteiger partial charge >= 0.3 is 11.9 Å². The van der Waals surface area contributed by atoms with Crippen LogP contribution in [0.5, 0.6) is 11.5 Å². The fourth-order valence-corrected chi connectivity index (χ4v) is 5.46. The molecule has 0 unspecified atom stereocenters. The first-order valence-corrected chi connectivity index (χ1v) is 12.0. The van der Waals surface area contributed by atoms with Crippen molar-refractivity contribution in [2.45, 2.75) is 50.6 Å². The van der Waals surface area contributed by atoms with Crippen molar-refractivity contribution < 1.29 is 32.4 Å². The number of ketones is 2. The van der Waals surface area contributed by atoms with E-state index in [2.05, 4.69) is 0 Å². The zero-order valence-electron chi connectivity index (χ0n) is 19.9. The van der Waals surface area contributed by atoms with Gasteiger partial charge in [0, 0.05) is 54.4 Å². The lowest BCUT2D eigenvalue weighted by molar-refractivity contribution is -0.385. The van der Waals surface area contributed by atoms with Crippen LogP contribution in [-0.2, 0) is 15.8 Å². The van der Waals surface area contributed by atoms with E-state index >= 15 is 0 Å². The minimum Gasteiger partial charge on any atom is -0.450 e. The van der Waals surface area contributed by atoms with Crippen LogP contribution >= 0.6 is 0 Å². The van der Waals surface area contributed by atoms with E-state index in [-0.39, 0.29) is 23.1 Å². The monoisotopic (exact) mass is 512 g/mol. The Kier molecular flexibility index (Phi) is 6.13. The average molecular weight is 512 g/mol. The summed E-state index contributed by atoms with van der Waals surface area (Å²) in [5.74, 6) is -0.624. The van der Waals surface area contributed by atoms with E-state index in [9.17, 15) is 32.9 Å². The predicted octanol–water partition coefficient (Wildman–Crippen LogP) is 6.45. The van der Waals surface area contributed by atoms with Gasteiger partial charge in [-0.05, 0) is 55.5 Å². The largest absolute Gasteiger partial charge is 0.450 e. The maximum atomic E-state index is 13.1. The Labute approximate surface area is 210 Å². The zero-order chi connectivity index (χ0) is 26.5. The quantitative estimate of drug-likeness (QED) is 0.346. The number of carbonyl (C=O) groups is 2. The number of hydrogen-bond donors (Lipinski definition) is 0. The first kappa shape index (κ1) is 24.7. The van der Waals surface area contributed by atoms with Gasteiger partial charge in [0.05, 0.1) is 10.5 Å². The molecule has 3 aliphatic rings. The normalized spacial score (nSPS) is 18.6. The first-order chi connectivity index (χ1) is 17.6. The lowest BCUT2D eigenvalue weighted by Crippen LogP contribution is -2.37. The Morgan fingerprint density at radius 3 is 2.00 bits per heavy atom. The Bertz CT molecular complexity index is 1330. The molecule has 0 fully saturated rings. The van der Waals surface area contributed by atoms with Crippen LogP contribution in [0.4, 0.5) is 18.9 Å². The van der Waals surface area contributed by atoms with Gasteiger partial charge in [-0.25, -0.2) is 0 Å². The Balaban J connectivity index is 1.51. The number of rotatable bonds is 4. The molecule has 0 saturated carbocycles. The van der Waals surface area contributed by atoms with Gasteiger partial charge in [-0.1, -0.05) is 12.1 Å². The molecule has 10 heteroatoms. The number of ether oxygens (including phenoxy) is 1. The summed E-state index contributed by atoms with van der Waals surface area (Å²) in [6, 6.07) is 8.54. The summed E-state index contributed by atoms with van der Waals surface area (Å²) >= 11 is 0. The molecule has 2 aliphatic carbocycles. The average Bonchev–Trinajstić information content (AvgIpc) is 2.85. The molecule has 0 bridgehead atoms. The molecule has 0 spiro atoms. The standard InChI is InChI=1S/C27H23F3N2O5/c1-31-18-4-2-6-21(33)25(18)24(26-19(31)5-3-7-22(26)34)15-8-11-17(12-9-15)37-23-13-10-16(27(28,29)30)14-20(23)32(35)36/h8-14,24H,2-7H2,1H3. The summed E-state index contributed by atoms with van der Waals surface area (Å²) in [5.41, 5.74) is 1.91. The van der Waals surface area contributed by atoms with Crippen LogP contribution in [0.1, 0.15) is 55.6 Å². The summed E-state index contributed by atoms with van der Waals surface area (Å²) < 4.78 is 44.6. The molecule has 0 saturated heterocycles. The van der Waals surface area contributed by atoms with Crippen LogP contribution in [0.2, 0.25) is 0 Å². The SMILES string of the molecule is CN1C2=C(C(=O)CCC2)C(c2ccc(Oc3ccc(C(F)(F)F)cc3[N+](=O)[O-])cc2)C2=C1CCCC2=O. The van der Waals surface area contributed by atoms with E-state index in [1.807, 2.05) is 11.9 Å². The van der Waals surface area contributed by atoms with Crippen molar-refractivity contribution in [3.8, 4) is 11.5 Å². The van der Waals surface area contributed by atoms with Crippen molar-refractivity contribution in [3.05, 3.63) is 86.2 Å². The van der Waals surface area contributed by atoms with E-state index in [4.69, 9.17) is 4.74 Å². The van der Waals surface area contributed by atoms with Crippen LogP contribution in [0.15, 0.2) is 65.0 Å². The second kappa shape index (κ2) is 9.17. The van der Waals surface area contributed by atoms with Crippen LogP contribution in [0.3, 0.4) is 0 Å². The van der Waals surface area contributed by atoms with E-state index in [1.54, 1.807) is 12.1 Å². The molecule has 0 N–H and O–H groups in total. The second-order valence-electron chi connectivity index (χ2n) is 9.37. The lowest BCUT2D eigenvalue weighted by atomic mass is 9.71. The fraction of sp³-hybridized carbons (Fsp3) is 0.333. The second-order valence-corrected chi connectivity index (χ2v) is 9.37. The Hall–Kier alpha value is -3.95. The van der Waals surface area contributed by atoms with Gasteiger partial charge in [0.15, 0.2) is 11.6 Å². The van der Waals surface area contributed by atoms with Crippen LogP contribution < -0.4 is 4.74 Å². The van der Waals surface area contributed by atoms with Crippen molar-refractivity contribution in [3.63, 3.8) is 0 Å². The number of carbonyl (C=O) groups excluding carboxylic acids is 2. The number of Topliss-reactive ketones (excluding diaryl/α,β-unsaturated/α-hetero) is 2. The molecular weight excluding hydrogens is 489 g/mol. The van der Waals surface area contributed by atoms with E-state index in [1.165, 1.54) is 12.1 Å². The number of allylic oxidation sites excluding steroid dienone is 4. The summed E-state index contributed by atoms with van der Waals surface area (Å²) in [6.07, 6.45) is -0.895. The van der Waals surface area contributed by atoms with Gasteiger partial charge < -0.3 is 9.64 Å². The third kappa shape index (κ3) is 4.41. The number of hydrogen-bond acceptors (Lipinski definition) is 6. The number of nitro groups is 1. The molecule has 2 aromatic carbocycles. The maximum Gasteiger partial charge on any atom is 0.416 e. The molecule has 1 aliphatic heterocycles. The number of nitrogens with zero attached hydrogens (tertiary/aromatic N) is 2. The molecular formula is C27H23F3N2O5. The summed E-state index contributed by atoms with van der Waals surface area (Å²) in [7, 11) is 1.91. The maximum absolute atomic E-state index is 13.1. The highest BCUT2D eigenvalue weighted by molar-refractivity contribution is 6.06. The molecule has 37 heavy (non-hydrogen) atoms. The van der Waals surface area contributed by atoms with Crippen molar-refractivity contribution in [2.75, 3.05) is 7.05 Å². The topological polar surface area (TPSA) is 89.8 Å². The van der Waals surface area contributed by atoms with Crippen molar-refractivity contribution >= 4 is 17.3 Å². The highest BCUT2D eigenvalue weighted by atomic mass is 19.4. The third-order valence-corrected chi connectivity index (χ3v) is 7.17. The molecule has 0 atom stereocenters. The Morgan fingerprint density at radius 2 is 1.49 bits per heavy atom. The van der Waals surface area contributed by atoms with Gasteiger partial charge in [-0.15, -0.1) is 0 Å². The summed E-state index contributed by atoms with van der Waals surface area (Å²) in [6.45, 7) is 0.